The molecule has 2 N–H and O–H groups in total. The van der Waals surface area contributed by atoms with Crippen LogP contribution in [0.2, 0.25) is 0 Å². The first kappa shape index (κ1) is 15.5. The standard InChI is InChI=1S/C17H17N5O3/c23-16-12-9-19-22(11-5-2-1-3-6-11)15(12)20-14(21-16)10-18-17(24)13-7-4-8-25-13/h1-3,5-6,9,13H,4,7-8,10H2,(H,18,24)(H,20,21,23)/t13-/m1/s1. The molecule has 0 aliphatic carbocycles. The van der Waals surface area contributed by atoms with E-state index < -0.39 is 6.10 Å². The van der Waals surface area contributed by atoms with Crippen LogP contribution in [0.3, 0.4) is 0 Å². The molecule has 1 saturated heterocycles. The highest BCUT2D eigenvalue weighted by Gasteiger charge is 2.23. The Labute approximate surface area is 142 Å². The van der Waals surface area contributed by atoms with Crippen LogP contribution in [-0.2, 0) is 16.1 Å². The molecule has 1 aliphatic heterocycles. The molecule has 4 rings (SSSR count). The minimum Gasteiger partial charge on any atom is -0.368 e. The Morgan fingerprint density at radius 1 is 1.36 bits per heavy atom. The third-order valence-corrected chi connectivity index (χ3v) is 4.14. The summed E-state index contributed by atoms with van der Waals surface area (Å²) in [5.41, 5.74) is 0.981. The van der Waals surface area contributed by atoms with Crippen molar-refractivity contribution in [2.45, 2.75) is 25.5 Å². The van der Waals surface area contributed by atoms with E-state index >= 15 is 0 Å². The van der Waals surface area contributed by atoms with E-state index in [0.717, 1.165) is 18.5 Å². The molecule has 1 fully saturated rings. The Balaban J connectivity index is 1.62. The number of aromatic amines is 1. The summed E-state index contributed by atoms with van der Waals surface area (Å²) in [6.07, 6.45) is 2.68. The number of aromatic nitrogens is 4. The van der Waals surface area contributed by atoms with Crippen molar-refractivity contribution < 1.29 is 9.53 Å². The monoisotopic (exact) mass is 339 g/mol. The van der Waals surface area contributed by atoms with Crippen LogP contribution in [-0.4, -0.2) is 38.4 Å². The highest BCUT2D eigenvalue weighted by molar-refractivity contribution is 5.81. The number of hydrogen-bond donors (Lipinski definition) is 2. The van der Waals surface area contributed by atoms with Gasteiger partial charge in [-0.15, -0.1) is 0 Å². The van der Waals surface area contributed by atoms with Crippen molar-refractivity contribution in [3.63, 3.8) is 0 Å². The quantitative estimate of drug-likeness (QED) is 0.735. The maximum absolute atomic E-state index is 12.3. The molecule has 8 heteroatoms. The average molecular weight is 339 g/mol. The van der Waals surface area contributed by atoms with Crippen molar-refractivity contribution in [1.82, 2.24) is 25.1 Å². The van der Waals surface area contributed by atoms with Crippen molar-refractivity contribution in [2.75, 3.05) is 6.61 Å². The maximum atomic E-state index is 12.3. The zero-order chi connectivity index (χ0) is 17.2. The molecule has 1 aliphatic rings. The van der Waals surface area contributed by atoms with Crippen LogP contribution in [0.4, 0.5) is 0 Å². The third kappa shape index (κ3) is 3.03. The summed E-state index contributed by atoms with van der Waals surface area (Å²) in [6.45, 7) is 0.735. The summed E-state index contributed by atoms with van der Waals surface area (Å²) < 4.78 is 6.95. The lowest BCUT2D eigenvalue weighted by Gasteiger charge is -2.10. The molecular formula is C17H17N5O3. The lowest BCUT2D eigenvalue weighted by atomic mass is 10.2. The molecule has 1 atom stereocenters. The van der Waals surface area contributed by atoms with Gasteiger partial charge in [-0.1, -0.05) is 18.2 Å². The van der Waals surface area contributed by atoms with Gasteiger partial charge in [0.05, 0.1) is 18.4 Å². The number of H-pyrrole nitrogens is 1. The molecule has 1 aromatic carbocycles. The van der Waals surface area contributed by atoms with Gasteiger partial charge in [0.2, 0.25) is 5.91 Å². The minimum atomic E-state index is -0.412. The van der Waals surface area contributed by atoms with Crippen LogP contribution in [0.1, 0.15) is 18.7 Å². The van der Waals surface area contributed by atoms with Crippen molar-refractivity contribution in [2.24, 2.45) is 0 Å². The lowest BCUT2D eigenvalue weighted by molar-refractivity contribution is -0.130. The Bertz CT molecular complexity index is 957. The summed E-state index contributed by atoms with van der Waals surface area (Å²) >= 11 is 0. The van der Waals surface area contributed by atoms with Crippen molar-refractivity contribution in [3.8, 4) is 5.69 Å². The van der Waals surface area contributed by atoms with Gasteiger partial charge in [0.15, 0.2) is 5.65 Å². The van der Waals surface area contributed by atoms with Gasteiger partial charge in [0.25, 0.3) is 5.56 Å². The molecule has 0 spiro atoms. The Morgan fingerprint density at radius 2 is 2.20 bits per heavy atom. The van der Waals surface area contributed by atoms with E-state index in [0.29, 0.717) is 23.5 Å². The van der Waals surface area contributed by atoms with E-state index in [1.54, 1.807) is 4.68 Å². The Morgan fingerprint density at radius 3 is 2.96 bits per heavy atom. The summed E-state index contributed by atoms with van der Waals surface area (Å²) in [7, 11) is 0. The summed E-state index contributed by atoms with van der Waals surface area (Å²) in [5.74, 6) is 0.193. The van der Waals surface area contributed by atoms with E-state index in [4.69, 9.17) is 4.74 Å². The smallest absolute Gasteiger partial charge is 0.262 e. The minimum absolute atomic E-state index is 0.129. The summed E-state index contributed by atoms with van der Waals surface area (Å²) in [5, 5.41) is 7.41. The zero-order valence-corrected chi connectivity index (χ0v) is 13.4. The predicted octanol–water partition coefficient (Wildman–Crippen LogP) is 0.904. The average Bonchev–Trinajstić information content (AvgIpc) is 3.30. The van der Waals surface area contributed by atoms with Gasteiger partial charge in [0.1, 0.15) is 17.3 Å². The van der Waals surface area contributed by atoms with Gasteiger partial charge in [-0.3, -0.25) is 9.59 Å². The first-order valence-electron chi connectivity index (χ1n) is 8.14. The van der Waals surface area contributed by atoms with E-state index in [9.17, 15) is 9.59 Å². The first-order chi connectivity index (χ1) is 12.2. The number of nitrogens with zero attached hydrogens (tertiary/aromatic N) is 3. The van der Waals surface area contributed by atoms with Crippen LogP contribution in [0, 0.1) is 0 Å². The van der Waals surface area contributed by atoms with Gasteiger partial charge < -0.3 is 15.0 Å². The van der Waals surface area contributed by atoms with Gasteiger partial charge in [-0.05, 0) is 25.0 Å². The molecule has 3 aromatic rings. The van der Waals surface area contributed by atoms with Crippen LogP contribution in [0.15, 0.2) is 41.3 Å². The second kappa shape index (κ2) is 6.48. The van der Waals surface area contributed by atoms with E-state index in [1.807, 2.05) is 30.3 Å². The number of hydrogen-bond acceptors (Lipinski definition) is 5. The van der Waals surface area contributed by atoms with Gasteiger partial charge >= 0.3 is 0 Å². The molecular weight excluding hydrogens is 322 g/mol. The summed E-state index contributed by atoms with van der Waals surface area (Å²) in [4.78, 5) is 31.4. The fourth-order valence-electron chi connectivity index (χ4n) is 2.87. The molecule has 25 heavy (non-hydrogen) atoms. The number of amides is 1. The molecule has 0 radical (unpaired) electrons. The number of para-hydroxylation sites is 1. The highest BCUT2D eigenvalue weighted by Crippen LogP contribution is 2.14. The molecule has 1 amide bonds. The number of ether oxygens (including phenoxy) is 1. The van der Waals surface area contributed by atoms with Crippen molar-refractivity contribution in [1.29, 1.82) is 0 Å². The molecule has 128 valence electrons. The molecule has 0 bridgehead atoms. The van der Waals surface area contributed by atoms with Crippen LogP contribution >= 0.6 is 0 Å². The first-order valence-corrected chi connectivity index (χ1v) is 8.14. The SMILES string of the molecule is O=C(NCc1nc2c(cnn2-c2ccccc2)c(=O)[nH]1)[C@H]1CCCO1. The Kier molecular flexibility index (Phi) is 4.02. The van der Waals surface area contributed by atoms with Crippen molar-refractivity contribution in [3.05, 3.63) is 52.7 Å². The van der Waals surface area contributed by atoms with Crippen LogP contribution in [0.25, 0.3) is 16.7 Å². The molecule has 0 saturated carbocycles. The normalized spacial score (nSPS) is 17.0. The largest absolute Gasteiger partial charge is 0.368 e. The number of rotatable bonds is 4. The van der Waals surface area contributed by atoms with E-state index in [1.165, 1.54) is 6.20 Å². The van der Waals surface area contributed by atoms with Crippen LogP contribution in [0.5, 0.6) is 0 Å². The second-order valence-corrected chi connectivity index (χ2v) is 5.86. The number of benzene rings is 1. The molecule has 3 heterocycles. The summed E-state index contributed by atoms with van der Waals surface area (Å²) in [6, 6.07) is 9.45. The number of nitrogens with one attached hydrogen (secondary N) is 2. The Hall–Kier alpha value is -3.00. The fourth-order valence-corrected chi connectivity index (χ4v) is 2.87. The second-order valence-electron chi connectivity index (χ2n) is 5.86. The zero-order valence-electron chi connectivity index (χ0n) is 13.4. The van der Waals surface area contributed by atoms with Gasteiger partial charge in [-0.25, -0.2) is 9.67 Å². The highest BCUT2D eigenvalue weighted by atomic mass is 16.5. The third-order valence-electron chi connectivity index (χ3n) is 4.14. The molecule has 0 unspecified atom stereocenters. The number of fused-ring (bicyclic) bond motifs is 1. The fraction of sp³-hybridized carbons (Fsp3) is 0.294. The maximum Gasteiger partial charge on any atom is 0.262 e. The van der Waals surface area contributed by atoms with E-state index in [2.05, 4.69) is 20.4 Å². The topological polar surface area (TPSA) is 102 Å². The molecule has 8 nitrogen and oxygen atoms in total. The number of carbonyl (C=O) groups is 1. The van der Waals surface area contributed by atoms with Crippen molar-refractivity contribution >= 4 is 16.9 Å². The predicted molar refractivity (Wildman–Crippen MR) is 90.3 cm³/mol. The lowest BCUT2D eigenvalue weighted by Crippen LogP contribution is -2.34. The molecule has 2 aromatic heterocycles. The van der Waals surface area contributed by atoms with Crippen LogP contribution < -0.4 is 10.9 Å². The van der Waals surface area contributed by atoms with E-state index in [-0.39, 0.29) is 18.0 Å². The number of carbonyl (C=O) groups excluding carboxylic acids is 1. The van der Waals surface area contributed by atoms with Gasteiger partial charge in [-0.2, -0.15) is 5.10 Å². The van der Waals surface area contributed by atoms with Gasteiger partial charge in [0, 0.05) is 6.61 Å².